The Labute approximate surface area is 140 Å². The van der Waals surface area contributed by atoms with Crippen LogP contribution in [-0.2, 0) is 16.0 Å². The lowest BCUT2D eigenvalue weighted by molar-refractivity contribution is -0.108. The number of aliphatic hydroxyl groups is 1. The van der Waals surface area contributed by atoms with Gasteiger partial charge in [0.05, 0.1) is 0 Å². The van der Waals surface area contributed by atoms with Crippen molar-refractivity contribution < 1.29 is 24.5 Å². The summed E-state index contributed by atoms with van der Waals surface area (Å²) in [6.45, 7) is 2.05. The lowest BCUT2D eigenvalue weighted by Gasteiger charge is -2.29. The van der Waals surface area contributed by atoms with Crippen LogP contribution in [0.15, 0.2) is 36.0 Å². The largest absolute Gasteiger partial charge is 0.465 e. The van der Waals surface area contributed by atoms with Gasteiger partial charge in [-0.25, -0.2) is 9.59 Å². The number of aryl methyl sites for hydroxylation is 1. The Morgan fingerprint density at radius 1 is 1.46 bits per heavy atom. The van der Waals surface area contributed by atoms with Crippen LogP contribution >= 0.6 is 0 Å². The number of allylic oxidation sites excluding steroid dienone is 1. The van der Waals surface area contributed by atoms with Crippen molar-refractivity contribution in [1.82, 2.24) is 10.6 Å². The standard InChI is InChI=1S/C17H22N2O5/c1-11(14(10-20)19-17(22)23)13(16-18-9-15(21)24-16)8-7-12-5-3-2-4-6-12/h2-6,11,13,15-16,18-19,21H,7-9H2,1H3,(H,22,23). The molecule has 4 atom stereocenters. The highest BCUT2D eigenvalue weighted by Gasteiger charge is 2.35. The Kier molecular flexibility index (Phi) is 6.52. The summed E-state index contributed by atoms with van der Waals surface area (Å²) in [6, 6.07) is 9.84. The average Bonchev–Trinajstić information content (AvgIpc) is 2.99. The summed E-state index contributed by atoms with van der Waals surface area (Å²) in [5, 5.41) is 23.6. The van der Waals surface area contributed by atoms with Gasteiger partial charge < -0.3 is 14.9 Å². The molecule has 130 valence electrons. The molecule has 4 unspecified atom stereocenters. The minimum absolute atomic E-state index is 0.0349. The minimum atomic E-state index is -1.30. The van der Waals surface area contributed by atoms with Crippen molar-refractivity contribution in [3.05, 3.63) is 41.6 Å². The third-order valence-corrected chi connectivity index (χ3v) is 4.24. The second-order valence-corrected chi connectivity index (χ2v) is 5.84. The number of amides is 1. The first-order valence-corrected chi connectivity index (χ1v) is 7.87. The fraction of sp³-hybridized carbons (Fsp3) is 0.471. The molecular weight excluding hydrogens is 312 g/mol. The number of rotatable bonds is 7. The molecule has 1 fully saturated rings. The number of carbonyl (C=O) groups excluding carboxylic acids is 1. The normalized spacial score (nSPS) is 22.4. The smallest absolute Gasteiger partial charge is 0.409 e. The average molecular weight is 334 g/mol. The molecule has 1 aromatic carbocycles. The number of carbonyl (C=O) groups is 1. The van der Waals surface area contributed by atoms with E-state index < -0.39 is 24.5 Å². The second-order valence-electron chi connectivity index (χ2n) is 5.84. The summed E-state index contributed by atoms with van der Waals surface area (Å²) in [7, 11) is 0. The molecule has 0 saturated carbocycles. The van der Waals surface area contributed by atoms with Gasteiger partial charge in [-0.15, -0.1) is 0 Å². The van der Waals surface area contributed by atoms with E-state index in [1.807, 2.05) is 30.3 Å². The quantitative estimate of drug-likeness (QED) is 0.557. The van der Waals surface area contributed by atoms with E-state index in [9.17, 15) is 14.7 Å². The first-order valence-electron chi connectivity index (χ1n) is 7.87. The second kappa shape index (κ2) is 8.61. The molecule has 0 spiro atoms. The number of hydrogen-bond acceptors (Lipinski definition) is 5. The molecule has 0 aliphatic carbocycles. The van der Waals surface area contributed by atoms with Crippen molar-refractivity contribution >= 4 is 12.0 Å². The molecule has 4 N–H and O–H groups in total. The Balaban J connectivity index is 2.12. The van der Waals surface area contributed by atoms with Gasteiger partial charge in [0.2, 0.25) is 0 Å². The minimum Gasteiger partial charge on any atom is -0.465 e. The van der Waals surface area contributed by atoms with E-state index in [0.717, 1.165) is 12.0 Å². The van der Waals surface area contributed by atoms with E-state index >= 15 is 0 Å². The molecule has 24 heavy (non-hydrogen) atoms. The zero-order valence-electron chi connectivity index (χ0n) is 13.4. The summed E-state index contributed by atoms with van der Waals surface area (Å²) in [5.41, 5.74) is 1.10. The molecular formula is C17H22N2O5. The molecule has 2 rings (SSSR count). The summed E-state index contributed by atoms with van der Waals surface area (Å²) in [6.07, 6.45) is -1.27. The monoisotopic (exact) mass is 334 g/mol. The molecule has 0 aromatic heterocycles. The summed E-state index contributed by atoms with van der Waals surface area (Å²) in [4.78, 5) is 22.0. The van der Waals surface area contributed by atoms with E-state index in [1.165, 1.54) is 0 Å². The molecule has 7 nitrogen and oxygen atoms in total. The predicted molar refractivity (Wildman–Crippen MR) is 86.7 cm³/mol. The fourth-order valence-corrected chi connectivity index (χ4v) is 2.94. The van der Waals surface area contributed by atoms with Gasteiger partial charge in [-0.2, -0.15) is 0 Å². The van der Waals surface area contributed by atoms with Crippen molar-refractivity contribution in [3.8, 4) is 0 Å². The Morgan fingerprint density at radius 3 is 2.71 bits per heavy atom. The van der Waals surface area contributed by atoms with Gasteiger partial charge >= 0.3 is 6.09 Å². The van der Waals surface area contributed by atoms with Crippen LogP contribution in [0.5, 0.6) is 0 Å². The highest BCUT2D eigenvalue weighted by Crippen LogP contribution is 2.28. The molecule has 1 saturated heterocycles. The van der Waals surface area contributed by atoms with Gasteiger partial charge in [-0.05, 0) is 18.4 Å². The molecule has 0 radical (unpaired) electrons. The number of β-amino-alcohol motifs (C(OH)–C–C–N with tert-alkyl or cyclic N) is 1. The van der Waals surface area contributed by atoms with Crippen molar-refractivity contribution in [2.45, 2.75) is 32.3 Å². The molecule has 1 amide bonds. The predicted octanol–water partition coefficient (Wildman–Crippen LogP) is 1.12. The van der Waals surface area contributed by atoms with Crippen molar-refractivity contribution in [2.24, 2.45) is 11.8 Å². The van der Waals surface area contributed by atoms with E-state index in [1.54, 1.807) is 12.9 Å². The third kappa shape index (κ3) is 4.91. The van der Waals surface area contributed by atoms with Crippen LogP contribution in [0, 0.1) is 11.8 Å². The summed E-state index contributed by atoms with van der Waals surface area (Å²) >= 11 is 0. The zero-order chi connectivity index (χ0) is 17.5. The fourth-order valence-electron chi connectivity index (χ4n) is 2.94. The molecule has 1 heterocycles. The van der Waals surface area contributed by atoms with Gasteiger partial charge in [0.1, 0.15) is 17.9 Å². The van der Waals surface area contributed by atoms with Gasteiger partial charge in [0.25, 0.3) is 0 Å². The number of hydrogen-bond donors (Lipinski definition) is 4. The van der Waals surface area contributed by atoms with Crippen molar-refractivity contribution in [2.75, 3.05) is 6.54 Å². The number of carboxylic acid groups (broad SMARTS) is 1. The molecule has 7 heteroatoms. The van der Waals surface area contributed by atoms with Gasteiger partial charge in [-0.3, -0.25) is 10.6 Å². The molecule has 0 bridgehead atoms. The zero-order valence-corrected chi connectivity index (χ0v) is 13.4. The highest BCUT2D eigenvalue weighted by molar-refractivity contribution is 5.71. The summed E-state index contributed by atoms with van der Waals surface area (Å²) in [5.74, 6) is 1.05. The maximum Gasteiger partial charge on any atom is 0.409 e. The van der Waals surface area contributed by atoms with E-state index in [0.29, 0.717) is 13.0 Å². The van der Waals surface area contributed by atoms with E-state index in [2.05, 4.69) is 10.6 Å². The first-order chi connectivity index (χ1) is 11.5. The Bertz CT molecular complexity index is 600. The lowest BCUT2D eigenvalue weighted by Crippen LogP contribution is -2.39. The van der Waals surface area contributed by atoms with Crippen LogP contribution in [0.25, 0.3) is 0 Å². The van der Waals surface area contributed by atoms with Gasteiger partial charge in [0.15, 0.2) is 6.29 Å². The Hall–Kier alpha value is -2.18. The van der Waals surface area contributed by atoms with Crippen LogP contribution in [-0.4, -0.2) is 41.3 Å². The number of aliphatic hydroxyl groups excluding tert-OH is 1. The topological polar surface area (TPSA) is 108 Å². The number of nitrogens with one attached hydrogen (secondary N) is 2. The molecule has 1 aliphatic heterocycles. The maximum absolute atomic E-state index is 11.1. The van der Waals surface area contributed by atoms with E-state index in [4.69, 9.17) is 9.84 Å². The van der Waals surface area contributed by atoms with Crippen molar-refractivity contribution in [3.63, 3.8) is 0 Å². The third-order valence-electron chi connectivity index (χ3n) is 4.24. The lowest BCUT2D eigenvalue weighted by atomic mass is 9.85. The Morgan fingerprint density at radius 2 is 2.17 bits per heavy atom. The van der Waals surface area contributed by atoms with Crippen LogP contribution in [0.3, 0.4) is 0 Å². The van der Waals surface area contributed by atoms with E-state index in [-0.39, 0.29) is 11.6 Å². The SMILES string of the molecule is CC(C(=C=O)NC(=O)O)C(CCc1ccccc1)C1NCC(O)O1. The van der Waals surface area contributed by atoms with Crippen LogP contribution in [0.1, 0.15) is 18.9 Å². The number of benzene rings is 1. The van der Waals surface area contributed by atoms with Crippen LogP contribution in [0.4, 0.5) is 4.79 Å². The van der Waals surface area contributed by atoms with Crippen molar-refractivity contribution in [1.29, 1.82) is 0 Å². The molecule has 1 aliphatic rings. The number of ether oxygens (including phenoxy) is 1. The van der Waals surface area contributed by atoms with Crippen LogP contribution in [0.2, 0.25) is 0 Å². The first kappa shape index (κ1) is 18.2. The maximum atomic E-state index is 11.1. The van der Waals surface area contributed by atoms with Crippen LogP contribution < -0.4 is 10.6 Å². The highest BCUT2D eigenvalue weighted by atomic mass is 16.6. The summed E-state index contributed by atoms with van der Waals surface area (Å²) < 4.78 is 5.46. The van der Waals surface area contributed by atoms with Gasteiger partial charge in [0, 0.05) is 18.4 Å². The van der Waals surface area contributed by atoms with Gasteiger partial charge in [-0.1, -0.05) is 37.3 Å². The molecule has 1 aromatic rings.